The van der Waals surface area contributed by atoms with E-state index in [1.165, 1.54) is 28.4 Å². The number of anilines is 1. The molecule has 1 unspecified atom stereocenters. The molecule has 6 heteroatoms. The van der Waals surface area contributed by atoms with Crippen LogP contribution in [0.1, 0.15) is 27.2 Å². The topological polar surface area (TPSA) is 57.6 Å². The van der Waals surface area contributed by atoms with Crippen LogP contribution in [0.25, 0.3) is 0 Å². The van der Waals surface area contributed by atoms with Crippen LogP contribution in [0.2, 0.25) is 0 Å². The molecule has 1 aliphatic heterocycles. The number of thiophene rings is 1. The largest absolute Gasteiger partial charge is 0.375 e. The summed E-state index contributed by atoms with van der Waals surface area (Å²) in [6, 6.07) is 16.3. The molecule has 4 rings (SSSR count). The Morgan fingerprint density at radius 1 is 1.11 bits per heavy atom. The quantitative estimate of drug-likeness (QED) is 0.682. The van der Waals surface area contributed by atoms with Gasteiger partial charge in [0.2, 0.25) is 0 Å². The molecule has 4 nitrogen and oxygen atoms in total. The van der Waals surface area contributed by atoms with Crippen LogP contribution in [0.4, 0.5) is 10.1 Å². The van der Waals surface area contributed by atoms with Gasteiger partial charge in [-0.1, -0.05) is 36.4 Å². The van der Waals surface area contributed by atoms with Gasteiger partial charge in [0.15, 0.2) is 11.4 Å². The summed E-state index contributed by atoms with van der Waals surface area (Å²) in [4.78, 5) is 27.6. The van der Waals surface area contributed by atoms with Crippen molar-refractivity contribution in [1.82, 2.24) is 0 Å². The molecule has 0 saturated heterocycles. The molecule has 2 heterocycles. The summed E-state index contributed by atoms with van der Waals surface area (Å²) in [5, 5.41) is 13.0. The van der Waals surface area contributed by atoms with Gasteiger partial charge in [0.25, 0.3) is 5.91 Å². The highest BCUT2D eigenvalue weighted by molar-refractivity contribution is 7.12. The van der Waals surface area contributed by atoms with Crippen molar-refractivity contribution in [1.29, 1.82) is 0 Å². The number of fused-ring (bicyclic) bond motifs is 1. The maximum Gasteiger partial charge on any atom is 0.264 e. The zero-order valence-corrected chi connectivity index (χ0v) is 15.1. The second-order valence-corrected chi connectivity index (χ2v) is 7.42. The van der Waals surface area contributed by atoms with Crippen molar-refractivity contribution in [2.24, 2.45) is 0 Å². The van der Waals surface area contributed by atoms with Crippen LogP contribution in [0.5, 0.6) is 0 Å². The van der Waals surface area contributed by atoms with Crippen LogP contribution in [0.3, 0.4) is 0 Å². The lowest BCUT2D eigenvalue weighted by Crippen LogP contribution is -2.41. The molecule has 1 atom stereocenters. The fraction of sp³-hybridized carbons (Fsp3) is 0.143. The predicted octanol–water partition coefficient (Wildman–Crippen LogP) is 3.89. The van der Waals surface area contributed by atoms with E-state index in [0.29, 0.717) is 21.7 Å². The lowest BCUT2D eigenvalue weighted by atomic mass is 9.89. The fourth-order valence-electron chi connectivity index (χ4n) is 3.41. The molecule has 0 saturated carbocycles. The number of Topliss-reactive ketones (excluding diaryl/α,β-unsaturated/α-hetero) is 1. The van der Waals surface area contributed by atoms with Gasteiger partial charge in [-0.2, -0.15) is 0 Å². The molecule has 0 aliphatic carbocycles. The third kappa shape index (κ3) is 3.07. The van der Waals surface area contributed by atoms with Crippen LogP contribution in [-0.4, -0.2) is 16.8 Å². The summed E-state index contributed by atoms with van der Waals surface area (Å²) in [6.45, 7) is 0.114. The first-order chi connectivity index (χ1) is 13.0. The SMILES string of the molecule is O=C(CC1(O)C(=O)N(Cc2cccc(F)c2)c2ccccc21)c1cccs1. The van der Waals surface area contributed by atoms with E-state index >= 15 is 0 Å². The fourth-order valence-corrected chi connectivity index (χ4v) is 4.07. The van der Waals surface area contributed by atoms with Gasteiger partial charge in [0.05, 0.1) is 23.5 Å². The zero-order chi connectivity index (χ0) is 19.0. The molecule has 136 valence electrons. The number of carbonyl (C=O) groups excluding carboxylic acids is 2. The highest BCUT2D eigenvalue weighted by atomic mass is 32.1. The zero-order valence-electron chi connectivity index (χ0n) is 14.3. The normalized spacial score (nSPS) is 18.6. The number of halogens is 1. The molecule has 27 heavy (non-hydrogen) atoms. The Labute approximate surface area is 159 Å². The Bertz CT molecular complexity index is 1020. The van der Waals surface area contributed by atoms with Gasteiger partial charge < -0.3 is 10.0 Å². The molecule has 2 aromatic carbocycles. The number of para-hydroxylation sites is 1. The minimum atomic E-state index is -1.93. The van der Waals surface area contributed by atoms with Gasteiger partial charge in [-0.3, -0.25) is 9.59 Å². The van der Waals surface area contributed by atoms with E-state index < -0.39 is 17.3 Å². The Balaban J connectivity index is 1.69. The molecule has 1 N–H and O–H groups in total. The number of amides is 1. The van der Waals surface area contributed by atoms with E-state index in [1.54, 1.807) is 53.9 Å². The van der Waals surface area contributed by atoms with E-state index in [9.17, 15) is 19.1 Å². The molecule has 3 aromatic rings. The van der Waals surface area contributed by atoms with E-state index in [2.05, 4.69) is 0 Å². The van der Waals surface area contributed by atoms with Crippen LogP contribution in [-0.2, 0) is 16.9 Å². The van der Waals surface area contributed by atoms with Crippen molar-refractivity contribution in [3.63, 3.8) is 0 Å². The Morgan fingerprint density at radius 3 is 2.67 bits per heavy atom. The van der Waals surface area contributed by atoms with Crippen molar-refractivity contribution in [2.45, 2.75) is 18.6 Å². The third-order valence-corrected chi connectivity index (χ3v) is 5.59. The number of rotatable bonds is 5. The number of ketones is 1. The number of hydrogen-bond acceptors (Lipinski definition) is 4. The molecule has 1 amide bonds. The molecular weight excluding hydrogens is 365 g/mol. The Kier molecular flexibility index (Phi) is 4.37. The molecule has 0 bridgehead atoms. The summed E-state index contributed by atoms with van der Waals surface area (Å²) in [7, 11) is 0. The minimum Gasteiger partial charge on any atom is -0.375 e. The standard InChI is InChI=1S/C21H16FNO3S/c22-15-6-3-5-14(11-15)13-23-17-8-2-1-7-16(17)21(26,20(23)25)12-18(24)19-9-4-10-27-19/h1-11,26H,12-13H2. The maximum atomic E-state index is 13.5. The first-order valence-corrected chi connectivity index (χ1v) is 9.32. The van der Waals surface area contributed by atoms with E-state index in [0.717, 1.165) is 0 Å². The lowest BCUT2D eigenvalue weighted by Gasteiger charge is -2.22. The molecule has 0 radical (unpaired) electrons. The van der Waals surface area contributed by atoms with Gasteiger partial charge in [0.1, 0.15) is 5.82 Å². The van der Waals surface area contributed by atoms with E-state index in [4.69, 9.17) is 0 Å². The van der Waals surface area contributed by atoms with Crippen molar-refractivity contribution < 1.29 is 19.1 Å². The lowest BCUT2D eigenvalue weighted by molar-refractivity contribution is -0.136. The molecule has 0 fully saturated rings. The van der Waals surface area contributed by atoms with E-state index in [1.807, 2.05) is 0 Å². The highest BCUT2D eigenvalue weighted by Gasteiger charge is 2.50. The van der Waals surface area contributed by atoms with Crippen LogP contribution in [0, 0.1) is 5.82 Å². The predicted molar refractivity (Wildman–Crippen MR) is 101 cm³/mol. The van der Waals surface area contributed by atoms with Crippen LogP contribution >= 0.6 is 11.3 Å². The monoisotopic (exact) mass is 381 g/mol. The molecule has 0 spiro atoms. The van der Waals surface area contributed by atoms with Crippen LogP contribution in [0.15, 0.2) is 66.0 Å². The number of nitrogens with zero attached hydrogens (tertiary/aromatic N) is 1. The van der Waals surface area contributed by atoms with Gasteiger partial charge in [0, 0.05) is 5.56 Å². The number of aliphatic hydroxyl groups is 1. The summed E-state index contributed by atoms with van der Waals surface area (Å²) in [5.41, 5.74) is -0.387. The summed E-state index contributed by atoms with van der Waals surface area (Å²) in [6.07, 6.45) is -0.330. The van der Waals surface area contributed by atoms with Gasteiger partial charge in [-0.25, -0.2) is 4.39 Å². The van der Waals surface area contributed by atoms with Crippen molar-refractivity contribution in [3.05, 3.63) is 87.9 Å². The van der Waals surface area contributed by atoms with Gasteiger partial charge in [-0.15, -0.1) is 11.3 Å². The average molecular weight is 381 g/mol. The number of carbonyl (C=O) groups is 2. The Hall–Kier alpha value is -2.83. The Morgan fingerprint density at radius 2 is 1.93 bits per heavy atom. The first-order valence-electron chi connectivity index (χ1n) is 8.44. The summed E-state index contributed by atoms with van der Waals surface area (Å²) in [5.74, 6) is -1.25. The number of benzene rings is 2. The molecule has 1 aliphatic rings. The highest BCUT2D eigenvalue weighted by Crippen LogP contribution is 2.43. The van der Waals surface area contributed by atoms with Crippen molar-refractivity contribution in [3.8, 4) is 0 Å². The number of hydrogen-bond donors (Lipinski definition) is 1. The van der Waals surface area contributed by atoms with Gasteiger partial charge in [-0.05, 0) is 35.2 Å². The molecule has 1 aromatic heterocycles. The van der Waals surface area contributed by atoms with Crippen molar-refractivity contribution >= 4 is 28.7 Å². The van der Waals surface area contributed by atoms with E-state index in [-0.39, 0.29) is 18.7 Å². The average Bonchev–Trinajstić information content (AvgIpc) is 3.26. The third-order valence-electron chi connectivity index (χ3n) is 4.68. The summed E-state index contributed by atoms with van der Waals surface area (Å²) >= 11 is 1.27. The van der Waals surface area contributed by atoms with Gasteiger partial charge >= 0.3 is 0 Å². The molecular formula is C21H16FNO3S. The second kappa shape index (κ2) is 6.72. The minimum absolute atomic E-state index is 0.114. The van der Waals surface area contributed by atoms with Crippen molar-refractivity contribution in [2.75, 3.05) is 4.90 Å². The maximum absolute atomic E-state index is 13.5. The van der Waals surface area contributed by atoms with Crippen LogP contribution < -0.4 is 4.90 Å². The smallest absolute Gasteiger partial charge is 0.264 e. The second-order valence-electron chi connectivity index (χ2n) is 6.48. The summed E-state index contributed by atoms with van der Waals surface area (Å²) < 4.78 is 13.5. The first kappa shape index (κ1) is 17.6.